The topological polar surface area (TPSA) is 47.5 Å². The van der Waals surface area contributed by atoms with Gasteiger partial charge >= 0.3 is 0 Å². The normalized spacial score (nSPS) is 15.1. The number of hydrogen-bond acceptors (Lipinski definition) is 5. The minimum atomic E-state index is -0.459. The first kappa shape index (κ1) is 19.1. The summed E-state index contributed by atoms with van der Waals surface area (Å²) in [5.41, 5.74) is 1.45. The number of fused-ring (bicyclic) bond motifs is 1. The van der Waals surface area contributed by atoms with Crippen LogP contribution in [0.15, 0.2) is 42.6 Å². The monoisotopic (exact) mass is 401 g/mol. The molecule has 0 unspecified atom stereocenters. The molecule has 1 fully saturated rings. The van der Waals surface area contributed by atoms with Crippen molar-refractivity contribution in [1.29, 1.82) is 0 Å². The SMILES string of the molecule is Fc1ccc(-c2ncc3ccc(OCCCN4CCOCC4)cc3n2)cc1Cl. The van der Waals surface area contributed by atoms with E-state index < -0.39 is 5.82 Å². The van der Waals surface area contributed by atoms with Gasteiger partial charge in [-0.3, -0.25) is 4.90 Å². The Bertz CT molecular complexity index is 964. The maximum absolute atomic E-state index is 13.4. The van der Waals surface area contributed by atoms with Crippen LogP contribution in [0.4, 0.5) is 4.39 Å². The van der Waals surface area contributed by atoms with E-state index in [0.717, 1.165) is 55.9 Å². The summed E-state index contributed by atoms with van der Waals surface area (Å²) in [6.07, 6.45) is 2.71. The van der Waals surface area contributed by atoms with Crippen LogP contribution in [0.2, 0.25) is 5.02 Å². The molecular formula is C21H21ClFN3O2. The summed E-state index contributed by atoms with van der Waals surface area (Å²) in [4.78, 5) is 11.3. The smallest absolute Gasteiger partial charge is 0.159 e. The fourth-order valence-corrected chi connectivity index (χ4v) is 3.35. The zero-order chi connectivity index (χ0) is 19.3. The van der Waals surface area contributed by atoms with Crippen LogP contribution in [0.3, 0.4) is 0 Å². The minimum absolute atomic E-state index is 0.0542. The van der Waals surface area contributed by atoms with Crippen LogP contribution in [0.25, 0.3) is 22.3 Å². The van der Waals surface area contributed by atoms with Gasteiger partial charge in [0.05, 0.1) is 30.4 Å². The Kier molecular flexibility index (Phi) is 6.00. The number of benzene rings is 2. The number of halogens is 2. The van der Waals surface area contributed by atoms with Gasteiger partial charge in [0, 0.05) is 42.8 Å². The highest BCUT2D eigenvalue weighted by molar-refractivity contribution is 6.31. The lowest BCUT2D eigenvalue weighted by Crippen LogP contribution is -2.37. The van der Waals surface area contributed by atoms with Crippen molar-refractivity contribution in [3.63, 3.8) is 0 Å². The Hall–Kier alpha value is -2.28. The highest BCUT2D eigenvalue weighted by Gasteiger charge is 2.10. The van der Waals surface area contributed by atoms with Crippen LogP contribution >= 0.6 is 11.6 Å². The molecule has 1 aliphatic rings. The summed E-state index contributed by atoms with van der Waals surface area (Å²) in [5.74, 6) is 0.814. The molecule has 3 aromatic rings. The van der Waals surface area contributed by atoms with E-state index in [1.165, 1.54) is 12.1 Å². The summed E-state index contributed by atoms with van der Waals surface area (Å²) in [7, 11) is 0. The minimum Gasteiger partial charge on any atom is -0.493 e. The molecule has 7 heteroatoms. The molecule has 0 amide bonds. The van der Waals surface area contributed by atoms with Crippen LogP contribution in [0.1, 0.15) is 6.42 Å². The Morgan fingerprint density at radius 2 is 2.00 bits per heavy atom. The lowest BCUT2D eigenvalue weighted by Gasteiger charge is -2.26. The molecule has 0 N–H and O–H groups in total. The zero-order valence-corrected chi connectivity index (χ0v) is 16.2. The number of aromatic nitrogens is 2. The van der Waals surface area contributed by atoms with Crippen molar-refractivity contribution < 1.29 is 13.9 Å². The Balaban J connectivity index is 1.42. The fraction of sp³-hybridized carbons (Fsp3) is 0.333. The Labute approximate surface area is 168 Å². The summed E-state index contributed by atoms with van der Waals surface area (Å²) in [5, 5.41) is 0.969. The van der Waals surface area contributed by atoms with Crippen molar-refractivity contribution >= 4 is 22.5 Å². The first-order valence-corrected chi connectivity index (χ1v) is 9.72. The molecule has 0 aliphatic carbocycles. The molecule has 28 heavy (non-hydrogen) atoms. The standard InChI is InChI=1S/C21H21ClFN3O2/c22-18-12-15(3-5-19(18)23)21-24-14-16-2-4-17(13-20(16)25-21)28-9-1-6-26-7-10-27-11-8-26/h2-5,12-14H,1,6-11H2. The van der Waals surface area contributed by atoms with Gasteiger partial charge in [0.2, 0.25) is 0 Å². The Morgan fingerprint density at radius 3 is 2.82 bits per heavy atom. The van der Waals surface area contributed by atoms with E-state index in [-0.39, 0.29) is 5.02 Å². The molecule has 1 aliphatic heterocycles. The second-order valence-electron chi connectivity index (χ2n) is 6.70. The first-order valence-electron chi connectivity index (χ1n) is 9.34. The fourth-order valence-electron chi connectivity index (χ4n) is 3.17. The lowest BCUT2D eigenvalue weighted by molar-refractivity contribution is 0.0358. The van der Waals surface area contributed by atoms with Gasteiger partial charge in [0.25, 0.3) is 0 Å². The van der Waals surface area contributed by atoms with Crippen LogP contribution in [-0.2, 0) is 4.74 Å². The third kappa shape index (κ3) is 4.58. The van der Waals surface area contributed by atoms with E-state index in [4.69, 9.17) is 21.1 Å². The average molecular weight is 402 g/mol. The van der Waals surface area contributed by atoms with Gasteiger partial charge in [-0.25, -0.2) is 14.4 Å². The predicted molar refractivity (Wildman–Crippen MR) is 107 cm³/mol. The van der Waals surface area contributed by atoms with E-state index in [1.807, 2.05) is 18.2 Å². The maximum atomic E-state index is 13.4. The molecule has 1 aromatic heterocycles. The lowest BCUT2D eigenvalue weighted by atomic mass is 10.2. The summed E-state index contributed by atoms with van der Waals surface area (Å²) in [6, 6.07) is 10.2. The molecule has 2 heterocycles. The van der Waals surface area contributed by atoms with Crippen LogP contribution in [0.5, 0.6) is 5.75 Å². The highest BCUT2D eigenvalue weighted by atomic mass is 35.5. The number of hydrogen-bond donors (Lipinski definition) is 0. The number of morpholine rings is 1. The molecule has 4 rings (SSSR count). The van der Waals surface area contributed by atoms with Gasteiger partial charge in [-0.2, -0.15) is 0 Å². The van der Waals surface area contributed by atoms with Crippen molar-refractivity contribution in [2.45, 2.75) is 6.42 Å². The summed E-state index contributed by atoms with van der Waals surface area (Å²) in [6.45, 7) is 5.26. The molecule has 0 spiro atoms. The van der Waals surface area contributed by atoms with Crippen LogP contribution < -0.4 is 4.74 Å². The van der Waals surface area contributed by atoms with Crippen LogP contribution in [0, 0.1) is 5.82 Å². The summed E-state index contributed by atoms with van der Waals surface area (Å²) < 4.78 is 24.6. The number of ether oxygens (including phenoxy) is 2. The van der Waals surface area contributed by atoms with Crippen molar-refractivity contribution in [3.05, 3.63) is 53.4 Å². The average Bonchev–Trinajstić information content (AvgIpc) is 2.73. The molecule has 0 radical (unpaired) electrons. The van der Waals surface area contributed by atoms with Gasteiger partial charge < -0.3 is 9.47 Å². The van der Waals surface area contributed by atoms with Gasteiger partial charge in [0.1, 0.15) is 11.6 Å². The third-order valence-electron chi connectivity index (χ3n) is 4.72. The van der Waals surface area contributed by atoms with Gasteiger partial charge in [-0.1, -0.05) is 11.6 Å². The molecule has 0 atom stereocenters. The van der Waals surface area contributed by atoms with Crippen molar-refractivity contribution in [2.24, 2.45) is 0 Å². The van der Waals surface area contributed by atoms with E-state index in [2.05, 4.69) is 14.9 Å². The molecule has 0 bridgehead atoms. The van der Waals surface area contributed by atoms with Gasteiger partial charge in [-0.15, -0.1) is 0 Å². The third-order valence-corrected chi connectivity index (χ3v) is 5.01. The molecule has 146 valence electrons. The van der Waals surface area contributed by atoms with E-state index in [1.54, 1.807) is 12.3 Å². The van der Waals surface area contributed by atoms with Crippen molar-refractivity contribution in [2.75, 3.05) is 39.5 Å². The quantitative estimate of drug-likeness (QED) is 0.579. The molecule has 2 aromatic carbocycles. The molecule has 0 saturated carbocycles. The first-order chi connectivity index (χ1) is 13.7. The van der Waals surface area contributed by atoms with Crippen molar-refractivity contribution in [3.8, 4) is 17.1 Å². The van der Waals surface area contributed by atoms with E-state index in [9.17, 15) is 4.39 Å². The van der Waals surface area contributed by atoms with Gasteiger partial charge in [0.15, 0.2) is 5.82 Å². The van der Waals surface area contributed by atoms with E-state index in [0.29, 0.717) is 18.0 Å². The van der Waals surface area contributed by atoms with Crippen LogP contribution in [-0.4, -0.2) is 54.3 Å². The molecule has 5 nitrogen and oxygen atoms in total. The summed E-state index contributed by atoms with van der Waals surface area (Å²) >= 11 is 5.87. The number of nitrogens with zero attached hydrogens (tertiary/aromatic N) is 3. The number of rotatable bonds is 6. The maximum Gasteiger partial charge on any atom is 0.159 e. The van der Waals surface area contributed by atoms with Gasteiger partial charge in [-0.05, 0) is 36.8 Å². The largest absolute Gasteiger partial charge is 0.493 e. The Morgan fingerprint density at radius 1 is 1.14 bits per heavy atom. The highest BCUT2D eigenvalue weighted by Crippen LogP contribution is 2.25. The predicted octanol–water partition coefficient (Wildman–Crippen LogP) is 4.19. The zero-order valence-electron chi connectivity index (χ0n) is 15.4. The molecule has 1 saturated heterocycles. The molecular weight excluding hydrogens is 381 g/mol. The second kappa shape index (κ2) is 8.82. The second-order valence-corrected chi connectivity index (χ2v) is 7.11. The van der Waals surface area contributed by atoms with E-state index >= 15 is 0 Å². The van der Waals surface area contributed by atoms with Crippen molar-refractivity contribution in [1.82, 2.24) is 14.9 Å².